The molecule has 0 bridgehead atoms. The highest BCUT2D eigenvalue weighted by atomic mass is 16.2. The number of benzene rings is 1. The number of carbonyl (C=O) groups is 1. The van der Waals surface area contributed by atoms with Gasteiger partial charge in [0.25, 0.3) is 0 Å². The fraction of sp³-hybridized carbons (Fsp3) is 0.312. The van der Waals surface area contributed by atoms with Crippen LogP contribution in [0.25, 0.3) is 10.9 Å². The number of para-hydroxylation sites is 1. The van der Waals surface area contributed by atoms with Gasteiger partial charge in [-0.2, -0.15) is 0 Å². The molecular formula is C16H19N3O. The maximum absolute atomic E-state index is 12.1. The van der Waals surface area contributed by atoms with Gasteiger partial charge in [-0.25, -0.2) is 0 Å². The molecule has 0 radical (unpaired) electrons. The zero-order valence-electron chi connectivity index (χ0n) is 11.3. The number of hydrogen-bond acceptors (Lipinski definition) is 2. The van der Waals surface area contributed by atoms with Crippen molar-refractivity contribution in [3.8, 4) is 0 Å². The molecular weight excluding hydrogens is 250 g/mol. The van der Waals surface area contributed by atoms with Crippen LogP contribution < -0.4 is 11.1 Å². The zero-order chi connectivity index (χ0) is 13.9. The van der Waals surface area contributed by atoms with E-state index in [2.05, 4.69) is 22.5 Å². The van der Waals surface area contributed by atoms with Crippen LogP contribution in [0.5, 0.6) is 0 Å². The molecule has 0 aliphatic heterocycles. The SMILES string of the molecule is N[C@H](Cc1c[nH]c2ccccc12)C(=O)NC1CC=CC1. The van der Waals surface area contributed by atoms with Crippen LogP contribution in [0.4, 0.5) is 0 Å². The molecule has 1 aromatic carbocycles. The van der Waals surface area contributed by atoms with Crippen molar-refractivity contribution in [1.29, 1.82) is 0 Å². The molecule has 20 heavy (non-hydrogen) atoms. The highest BCUT2D eigenvalue weighted by Gasteiger charge is 2.19. The molecule has 4 heteroatoms. The van der Waals surface area contributed by atoms with Crippen molar-refractivity contribution >= 4 is 16.8 Å². The topological polar surface area (TPSA) is 70.9 Å². The summed E-state index contributed by atoms with van der Waals surface area (Å²) >= 11 is 0. The van der Waals surface area contributed by atoms with Crippen LogP contribution in [-0.4, -0.2) is 23.0 Å². The van der Waals surface area contributed by atoms with E-state index < -0.39 is 6.04 Å². The van der Waals surface area contributed by atoms with Crippen molar-refractivity contribution in [3.63, 3.8) is 0 Å². The fourth-order valence-electron chi connectivity index (χ4n) is 2.67. The van der Waals surface area contributed by atoms with E-state index in [1.807, 2.05) is 30.5 Å². The third kappa shape index (κ3) is 2.60. The van der Waals surface area contributed by atoms with E-state index in [4.69, 9.17) is 5.73 Å². The van der Waals surface area contributed by atoms with Gasteiger partial charge in [-0.1, -0.05) is 30.4 Å². The number of rotatable bonds is 4. The van der Waals surface area contributed by atoms with Crippen LogP contribution in [0.1, 0.15) is 18.4 Å². The van der Waals surface area contributed by atoms with Gasteiger partial charge in [0.05, 0.1) is 6.04 Å². The van der Waals surface area contributed by atoms with Gasteiger partial charge in [-0.05, 0) is 30.9 Å². The van der Waals surface area contributed by atoms with Crippen LogP contribution in [0.3, 0.4) is 0 Å². The standard InChI is InChI=1S/C16H19N3O/c17-14(16(20)19-12-5-1-2-6-12)9-11-10-18-15-8-4-3-7-13(11)15/h1-4,7-8,10,12,14,18H,5-6,9,17H2,(H,19,20)/t14-/m1/s1. The van der Waals surface area contributed by atoms with Crippen molar-refractivity contribution in [2.75, 3.05) is 0 Å². The first-order chi connectivity index (χ1) is 9.74. The molecule has 1 aliphatic rings. The molecule has 4 N–H and O–H groups in total. The summed E-state index contributed by atoms with van der Waals surface area (Å²) in [4.78, 5) is 15.3. The van der Waals surface area contributed by atoms with E-state index in [1.165, 1.54) is 0 Å². The van der Waals surface area contributed by atoms with Crippen LogP contribution in [0.15, 0.2) is 42.6 Å². The van der Waals surface area contributed by atoms with Crippen molar-refractivity contribution in [2.45, 2.75) is 31.3 Å². The van der Waals surface area contributed by atoms with E-state index in [0.29, 0.717) is 6.42 Å². The minimum atomic E-state index is -0.505. The number of carbonyl (C=O) groups excluding carboxylic acids is 1. The molecule has 0 fully saturated rings. The number of hydrogen-bond donors (Lipinski definition) is 3. The molecule has 0 saturated carbocycles. The molecule has 1 amide bonds. The summed E-state index contributed by atoms with van der Waals surface area (Å²) in [6.07, 6.45) is 8.49. The molecule has 1 heterocycles. The summed E-state index contributed by atoms with van der Waals surface area (Å²) in [5, 5.41) is 4.14. The molecule has 1 aromatic heterocycles. The lowest BCUT2D eigenvalue weighted by atomic mass is 10.0. The Kier molecular flexibility index (Phi) is 3.56. The minimum absolute atomic E-state index is 0.0658. The first-order valence-corrected chi connectivity index (χ1v) is 7.00. The van der Waals surface area contributed by atoms with Gasteiger partial charge in [-0.3, -0.25) is 4.79 Å². The Labute approximate surface area is 118 Å². The summed E-state index contributed by atoms with van der Waals surface area (Å²) in [6, 6.07) is 7.77. The Hall–Kier alpha value is -2.07. The monoisotopic (exact) mass is 269 g/mol. The van der Waals surface area contributed by atoms with Crippen molar-refractivity contribution in [2.24, 2.45) is 5.73 Å². The van der Waals surface area contributed by atoms with E-state index in [1.54, 1.807) is 0 Å². The highest BCUT2D eigenvalue weighted by Crippen LogP contribution is 2.19. The molecule has 3 rings (SSSR count). The van der Waals surface area contributed by atoms with Crippen LogP contribution in [0.2, 0.25) is 0 Å². The van der Waals surface area contributed by atoms with E-state index in [9.17, 15) is 4.79 Å². The third-order valence-electron chi connectivity index (χ3n) is 3.81. The van der Waals surface area contributed by atoms with Gasteiger partial charge in [0.1, 0.15) is 0 Å². The first kappa shape index (κ1) is 12.9. The van der Waals surface area contributed by atoms with Gasteiger partial charge in [-0.15, -0.1) is 0 Å². The second-order valence-corrected chi connectivity index (χ2v) is 5.32. The predicted molar refractivity (Wildman–Crippen MR) is 80.3 cm³/mol. The number of aromatic nitrogens is 1. The summed E-state index contributed by atoms with van der Waals surface area (Å²) in [6.45, 7) is 0. The molecule has 4 nitrogen and oxygen atoms in total. The molecule has 1 atom stereocenters. The van der Waals surface area contributed by atoms with Crippen molar-refractivity contribution < 1.29 is 4.79 Å². The van der Waals surface area contributed by atoms with Gasteiger partial charge in [0.15, 0.2) is 0 Å². The second-order valence-electron chi connectivity index (χ2n) is 5.32. The minimum Gasteiger partial charge on any atom is -0.361 e. The molecule has 1 aliphatic carbocycles. The Morgan fingerprint density at radius 2 is 2.10 bits per heavy atom. The van der Waals surface area contributed by atoms with Crippen LogP contribution >= 0.6 is 0 Å². The third-order valence-corrected chi connectivity index (χ3v) is 3.81. The number of amides is 1. The summed E-state index contributed by atoms with van der Waals surface area (Å²) in [7, 11) is 0. The summed E-state index contributed by atoms with van der Waals surface area (Å²) < 4.78 is 0. The van der Waals surface area contributed by atoms with Crippen molar-refractivity contribution in [3.05, 3.63) is 48.2 Å². The number of fused-ring (bicyclic) bond motifs is 1. The maximum atomic E-state index is 12.1. The normalized spacial score (nSPS) is 16.6. The molecule has 104 valence electrons. The number of aromatic amines is 1. The average Bonchev–Trinajstić information content (AvgIpc) is 3.09. The smallest absolute Gasteiger partial charge is 0.237 e. The largest absolute Gasteiger partial charge is 0.361 e. The van der Waals surface area contributed by atoms with Crippen LogP contribution in [-0.2, 0) is 11.2 Å². The lowest BCUT2D eigenvalue weighted by Crippen LogP contribution is -2.45. The summed E-state index contributed by atoms with van der Waals surface area (Å²) in [5.41, 5.74) is 8.20. The molecule has 0 unspecified atom stereocenters. The summed E-state index contributed by atoms with van der Waals surface area (Å²) in [5.74, 6) is -0.0658. The molecule has 0 saturated heterocycles. The molecule has 2 aromatic rings. The van der Waals surface area contributed by atoms with Gasteiger partial charge in [0.2, 0.25) is 5.91 Å². The lowest BCUT2D eigenvalue weighted by molar-refractivity contribution is -0.122. The van der Waals surface area contributed by atoms with E-state index >= 15 is 0 Å². The zero-order valence-corrected chi connectivity index (χ0v) is 11.3. The number of nitrogens with two attached hydrogens (primary N) is 1. The van der Waals surface area contributed by atoms with E-state index in [-0.39, 0.29) is 11.9 Å². The highest BCUT2D eigenvalue weighted by molar-refractivity contribution is 5.86. The Balaban J connectivity index is 1.65. The van der Waals surface area contributed by atoms with E-state index in [0.717, 1.165) is 29.3 Å². The Bertz CT molecular complexity index is 636. The second kappa shape index (κ2) is 5.51. The average molecular weight is 269 g/mol. The number of H-pyrrole nitrogens is 1. The fourth-order valence-corrected chi connectivity index (χ4v) is 2.67. The number of nitrogens with one attached hydrogen (secondary N) is 2. The van der Waals surface area contributed by atoms with Crippen LogP contribution in [0, 0.1) is 0 Å². The van der Waals surface area contributed by atoms with Gasteiger partial charge >= 0.3 is 0 Å². The maximum Gasteiger partial charge on any atom is 0.237 e. The predicted octanol–water partition coefficient (Wildman–Crippen LogP) is 1.87. The quantitative estimate of drug-likeness (QED) is 0.742. The Morgan fingerprint density at radius 1 is 1.35 bits per heavy atom. The van der Waals surface area contributed by atoms with Crippen molar-refractivity contribution in [1.82, 2.24) is 10.3 Å². The van der Waals surface area contributed by atoms with Gasteiger partial charge < -0.3 is 16.0 Å². The Morgan fingerprint density at radius 3 is 2.90 bits per heavy atom. The lowest BCUT2D eigenvalue weighted by Gasteiger charge is -2.16. The first-order valence-electron chi connectivity index (χ1n) is 7.00. The van der Waals surface area contributed by atoms with Gasteiger partial charge in [0, 0.05) is 23.1 Å². The molecule has 0 spiro atoms.